The quantitative estimate of drug-likeness (QED) is 0.787. The summed E-state index contributed by atoms with van der Waals surface area (Å²) in [5.74, 6) is -0.145. The van der Waals surface area contributed by atoms with E-state index in [2.05, 4.69) is 10.3 Å². The zero-order chi connectivity index (χ0) is 15.5. The number of imidazole rings is 1. The van der Waals surface area contributed by atoms with E-state index in [0.29, 0.717) is 17.9 Å². The first-order chi connectivity index (χ1) is 10.7. The Morgan fingerprint density at radius 1 is 1.45 bits per heavy atom. The van der Waals surface area contributed by atoms with Crippen molar-refractivity contribution in [2.45, 2.75) is 13.0 Å². The fourth-order valence-electron chi connectivity index (χ4n) is 2.45. The largest absolute Gasteiger partial charge is 0.375 e. The molecular weight excluding hydrogens is 298 g/mol. The van der Waals surface area contributed by atoms with Gasteiger partial charge in [0.05, 0.1) is 5.69 Å². The molecule has 0 aromatic carbocycles. The predicted octanol–water partition coefficient (Wildman–Crippen LogP) is 2.82. The molecule has 0 aliphatic rings. The van der Waals surface area contributed by atoms with Crippen molar-refractivity contribution >= 4 is 22.9 Å². The van der Waals surface area contributed by atoms with Gasteiger partial charge in [-0.3, -0.25) is 9.20 Å². The highest BCUT2D eigenvalue weighted by molar-refractivity contribution is 7.07. The van der Waals surface area contributed by atoms with E-state index in [1.807, 2.05) is 48.1 Å². The number of thiophene rings is 1. The number of carbonyl (C=O) groups excluding carboxylic acids is 1. The molecule has 1 unspecified atom stereocenters. The molecule has 0 spiro atoms. The van der Waals surface area contributed by atoms with Gasteiger partial charge in [0.1, 0.15) is 17.4 Å². The summed E-state index contributed by atoms with van der Waals surface area (Å²) in [6, 6.07) is 7.67. The molecule has 6 heteroatoms. The maximum absolute atomic E-state index is 12.5. The van der Waals surface area contributed by atoms with Crippen LogP contribution in [-0.2, 0) is 4.74 Å². The molecule has 3 aromatic rings. The summed E-state index contributed by atoms with van der Waals surface area (Å²) in [4.78, 5) is 16.9. The number of methoxy groups -OCH3 is 1. The van der Waals surface area contributed by atoms with Gasteiger partial charge in [-0.1, -0.05) is 6.07 Å². The van der Waals surface area contributed by atoms with Crippen LogP contribution in [-0.4, -0.2) is 28.9 Å². The Morgan fingerprint density at radius 2 is 2.32 bits per heavy atom. The van der Waals surface area contributed by atoms with Gasteiger partial charge in [-0.05, 0) is 41.4 Å². The smallest absolute Gasteiger partial charge is 0.270 e. The summed E-state index contributed by atoms with van der Waals surface area (Å²) in [7, 11) is 1.65. The minimum Gasteiger partial charge on any atom is -0.375 e. The van der Waals surface area contributed by atoms with Gasteiger partial charge in [-0.25, -0.2) is 4.98 Å². The Bertz CT molecular complexity index is 780. The Hall–Kier alpha value is -2.18. The standard InChI is InChI=1S/C16H17N3O2S/c1-11-15(19-7-4-3-5-14(19)18-11)16(20)17-9-13(21-2)12-6-8-22-10-12/h3-8,10,13H,9H2,1-2H3,(H,17,20). The number of aryl methyl sites for hydroxylation is 1. The van der Waals surface area contributed by atoms with E-state index in [0.717, 1.165) is 11.2 Å². The number of nitrogens with one attached hydrogen (secondary N) is 1. The van der Waals surface area contributed by atoms with Gasteiger partial charge in [-0.15, -0.1) is 0 Å². The zero-order valence-electron chi connectivity index (χ0n) is 12.4. The Kier molecular flexibility index (Phi) is 4.22. The third-order valence-corrected chi connectivity index (χ3v) is 4.27. The number of aromatic nitrogens is 2. The van der Waals surface area contributed by atoms with Gasteiger partial charge >= 0.3 is 0 Å². The second-order valence-corrected chi connectivity index (χ2v) is 5.75. The van der Waals surface area contributed by atoms with Crippen molar-refractivity contribution in [3.8, 4) is 0 Å². The highest BCUT2D eigenvalue weighted by Gasteiger charge is 2.18. The molecule has 1 N–H and O–H groups in total. The van der Waals surface area contributed by atoms with Crippen LogP contribution in [0.15, 0.2) is 41.2 Å². The number of carbonyl (C=O) groups is 1. The maximum Gasteiger partial charge on any atom is 0.270 e. The van der Waals surface area contributed by atoms with E-state index in [1.54, 1.807) is 22.8 Å². The second-order valence-electron chi connectivity index (χ2n) is 4.97. The van der Waals surface area contributed by atoms with E-state index in [4.69, 9.17) is 4.74 Å². The van der Waals surface area contributed by atoms with Crippen LogP contribution in [0.25, 0.3) is 5.65 Å². The van der Waals surface area contributed by atoms with Crippen molar-refractivity contribution in [2.75, 3.05) is 13.7 Å². The molecule has 0 aliphatic heterocycles. The van der Waals surface area contributed by atoms with Gasteiger partial charge in [0.25, 0.3) is 5.91 Å². The third-order valence-electron chi connectivity index (χ3n) is 3.57. The monoisotopic (exact) mass is 315 g/mol. The van der Waals surface area contributed by atoms with E-state index in [9.17, 15) is 4.79 Å². The fraction of sp³-hybridized carbons (Fsp3) is 0.250. The lowest BCUT2D eigenvalue weighted by atomic mass is 10.2. The minimum atomic E-state index is -0.145. The molecule has 3 rings (SSSR count). The van der Waals surface area contributed by atoms with Crippen LogP contribution in [0, 0.1) is 6.92 Å². The zero-order valence-corrected chi connectivity index (χ0v) is 13.3. The lowest BCUT2D eigenvalue weighted by Crippen LogP contribution is -2.30. The molecule has 3 aromatic heterocycles. The molecule has 0 bridgehead atoms. The number of fused-ring (bicyclic) bond motifs is 1. The van der Waals surface area contributed by atoms with E-state index in [-0.39, 0.29) is 12.0 Å². The average molecular weight is 315 g/mol. The first kappa shape index (κ1) is 14.7. The highest BCUT2D eigenvalue weighted by Crippen LogP contribution is 2.19. The van der Waals surface area contributed by atoms with Crippen LogP contribution in [0.4, 0.5) is 0 Å². The van der Waals surface area contributed by atoms with E-state index < -0.39 is 0 Å². The summed E-state index contributed by atoms with van der Waals surface area (Å²) >= 11 is 1.61. The van der Waals surface area contributed by atoms with Crippen LogP contribution < -0.4 is 5.32 Å². The van der Waals surface area contributed by atoms with Gasteiger partial charge in [-0.2, -0.15) is 11.3 Å². The number of hydrogen-bond donors (Lipinski definition) is 1. The first-order valence-corrected chi connectivity index (χ1v) is 7.91. The normalized spacial score (nSPS) is 12.5. The number of pyridine rings is 1. The summed E-state index contributed by atoms with van der Waals surface area (Å²) in [6.45, 7) is 2.26. The van der Waals surface area contributed by atoms with Crippen LogP contribution in [0.1, 0.15) is 27.8 Å². The van der Waals surface area contributed by atoms with E-state index >= 15 is 0 Å². The number of amides is 1. The van der Waals surface area contributed by atoms with Gasteiger partial charge in [0.15, 0.2) is 0 Å². The van der Waals surface area contributed by atoms with Crippen LogP contribution in [0.5, 0.6) is 0 Å². The fourth-order valence-corrected chi connectivity index (χ4v) is 3.15. The number of nitrogens with zero attached hydrogens (tertiary/aromatic N) is 2. The number of ether oxygens (including phenoxy) is 1. The first-order valence-electron chi connectivity index (χ1n) is 6.97. The molecule has 5 nitrogen and oxygen atoms in total. The third kappa shape index (κ3) is 2.75. The molecule has 0 fully saturated rings. The molecule has 1 amide bonds. The van der Waals surface area contributed by atoms with Gasteiger partial charge < -0.3 is 10.1 Å². The molecule has 3 heterocycles. The molecule has 22 heavy (non-hydrogen) atoms. The minimum absolute atomic E-state index is 0.144. The molecule has 114 valence electrons. The van der Waals surface area contributed by atoms with Crippen molar-refractivity contribution in [1.82, 2.24) is 14.7 Å². The van der Waals surface area contributed by atoms with Crippen molar-refractivity contribution < 1.29 is 9.53 Å². The lowest BCUT2D eigenvalue weighted by Gasteiger charge is -2.15. The summed E-state index contributed by atoms with van der Waals surface area (Å²) < 4.78 is 7.25. The van der Waals surface area contributed by atoms with Crippen LogP contribution >= 0.6 is 11.3 Å². The highest BCUT2D eigenvalue weighted by atomic mass is 32.1. The van der Waals surface area contributed by atoms with Gasteiger partial charge in [0, 0.05) is 19.9 Å². The Labute approximate surface area is 132 Å². The molecule has 0 radical (unpaired) electrons. The SMILES string of the molecule is COC(CNC(=O)c1c(C)nc2ccccn12)c1ccsc1. The summed E-state index contributed by atoms with van der Waals surface area (Å²) in [5.41, 5.74) is 3.12. The van der Waals surface area contributed by atoms with Gasteiger partial charge in [0.2, 0.25) is 0 Å². The molecule has 1 atom stereocenters. The molecule has 0 saturated carbocycles. The van der Waals surface area contributed by atoms with Crippen LogP contribution in [0.2, 0.25) is 0 Å². The lowest BCUT2D eigenvalue weighted by molar-refractivity contribution is 0.0824. The summed E-state index contributed by atoms with van der Waals surface area (Å²) in [5, 5.41) is 6.96. The van der Waals surface area contributed by atoms with Crippen molar-refractivity contribution in [3.05, 3.63) is 58.2 Å². The van der Waals surface area contributed by atoms with Crippen molar-refractivity contribution in [3.63, 3.8) is 0 Å². The molecular formula is C16H17N3O2S. The molecule has 0 saturated heterocycles. The number of rotatable bonds is 5. The number of hydrogen-bond acceptors (Lipinski definition) is 4. The molecule has 0 aliphatic carbocycles. The topological polar surface area (TPSA) is 55.6 Å². The van der Waals surface area contributed by atoms with Crippen molar-refractivity contribution in [2.24, 2.45) is 0 Å². The Balaban J connectivity index is 1.77. The Morgan fingerprint density at radius 3 is 3.05 bits per heavy atom. The van der Waals surface area contributed by atoms with E-state index in [1.165, 1.54) is 0 Å². The average Bonchev–Trinajstić information content (AvgIpc) is 3.14. The van der Waals surface area contributed by atoms with Crippen molar-refractivity contribution in [1.29, 1.82) is 0 Å². The maximum atomic E-state index is 12.5. The summed E-state index contributed by atoms with van der Waals surface area (Å²) in [6.07, 6.45) is 1.70. The predicted molar refractivity (Wildman–Crippen MR) is 86.3 cm³/mol. The van der Waals surface area contributed by atoms with Crippen LogP contribution in [0.3, 0.4) is 0 Å². The second kappa shape index (κ2) is 6.29.